The lowest BCUT2D eigenvalue weighted by Crippen LogP contribution is -2.34. The summed E-state index contributed by atoms with van der Waals surface area (Å²) in [5, 5.41) is 13.7. The first-order valence-electron chi connectivity index (χ1n) is 10.9. The molecule has 1 aliphatic carbocycles. The highest BCUT2D eigenvalue weighted by Crippen LogP contribution is 2.34. The fourth-order valence-corrected chi connectivity index (χ4v) is 4.34. The van der Waals surface area contributed by atoms with Gasteiger partial charge in [0, 0.05) is 18.5 Å². The topological polar surface area (TPSA) is 81.4 Å². The molecule has 0 atom stereocenters. The van der Waals surface area contributed by atoms with Crippen molar-refractivity contribution in [3.63, 3.8) is 0 Å². The molecular weight excluding hydrogens is 416 g/mol. The van der Waals surface area contributed by atoms with Crippen molar-refractivity contribution in [2.45, 2.75) is 38.5 Å². The van der Waals surface area contributed by atoms with E-state index in [0.717, 1.165) is 62.0 Å². The van der Waals surface area contributed by atoms with Crippen LogP contribution in [0.1, 0.15) is 48.2 Å². The molecule has 0 radical (unpaired) electrons. The molecule has 2 fully saturated rings. The van der Waals surface area contributed by atoms with Gasteiger partial charge in [0.05, 0.1) is 12.3 Å². The number of rotatable bonds is 8. The number of benzene rings is 1. The van der Waals surface area contributed by atoms with Crippen LogP contribution in [0.3, 0.4) is 0 Å². The molecule has 0 amide bonds. The molecule has 0 spiro atoms. The molecule has 1 aromatic carbocycles. The minimum absolute atomic E-state index is 0.415. The highest BCUT2D eigenvalue weighted by atomic mass is 35.5. The minimum atomic E-state index is 0.415. The fraction of sp³-hybridized carbons (Fsp3) is 0.478. The number of fused-ring (bicyclic) bond motifs is 1. The van der Waals surface area contributed by atoms with Crippen molar-refractivity contribution < 1.29 is 14.1 Å². The second-order valence-corrected chi connectivity index (χ2v) is 8.93. The minimum Gasteiger partial charge on any atom is -0.492 e. The molecule has 3 aromatic rings. The first-order valence-corrected chi connectivity index (χ1v) is 11.3. The normalized spacial score (nSPS) is 17.3. The lowest BCUT2D eigenvalue weighted by Gasteiger charge is -2.32. The van der Waals surface area contributed by atoms with Gasteiger partial charge in [-0.15, -0.1) is 10.2 Å². The Balaban J connectivity index is 1.20. The van der Waals surface area contributed by atoms with Crippen molar-refractivity contribution in [1.82, 2.24) is 15.4 Å². The number of hydrogen-bond donors (Lipinski definition) is 0. The summed E-state index contributed by atoms with van der Waals surface area (Å²) in [4.78, 5) is 13.9. The van der Waals surface area contributed by atoms with Gasteiger partial charge in [0.15, 0.2) is 22.8 Å². The molecule has 31 heavy (non-hydrogen) atoms. The Morgan fingerprint density at radius 2 is 1.94 bits per heavy atom. The Labute approximate surface area is 185 Å². The van der Waals surface area contributed by atoms with E-state index in [0.29, 0.717) is 40.5 Å². The van der Waals surface area contributed by atoms with Crippen molar-refractivity contribution in [1.29, 1.82) is 0 Å². The number of aldehydes is 1. The maximum Gasteiger partial charge on any atom is 0.181 e. The van der Waals surface area contributed by atoms with E-state index >= 15 is 0 Å². The van der Waals surface area contributed by atoms with Crippen LogP contribution in [0.5, 0.6) is 5.75 Å². The Kier molecular flexibility index (Phi) is 5.76. The third-order valence-corrected chi connectivity index (χ3v) is 6.55. The molecule has 2 aromatic heterocycles. The summed E-state index contributed by atoms with van der Waals surface area (Å²) in [6.45, 7) is 2.57. The van der Waals surface area contributed by atoms with Crippen molar-refractivity contribution in [3.05, 3.63) is 40.7 Å². The largest absolute Gasteiger partial charge is 0.492 e. The van der Waals surface area contributed by atoms with Crippen LogP contribution in [0.2, 0.25) is 5.15 Å². The van der Waals surface area contributed by atoms with Gasteiger partial charge in [0.2, 0.25) is 0 Å². The second-order valence-electron chi connectivity index (χ2n) is 8.54. The second kappa shape index (κ2) is 8.83. The molecule has 1 saturated carbocycles. The fourth-order valence-electron chi connectivity index (χ4n) is 4.24. The van der Waals surface area contributed by atoms with Crippen molar-refractivity contribution in [2.75, 3.05) is 24.6 Å². The van der Waals surface area contributed by atoms with Gasteiger partial charge >= 0.3 is 0 Å². The number of nitrogens with zero attached hydrogens (tertiary/aromatic N) is 4. The summed E-state index contributed by atoms with van der Waals surface area (Å²) < 4.78 is 11.4. The van der Waals surface area contributed by atoms with Gasteiger partial charge in [-0.1, -0.05) is 16.8 Å². The van der Waals surface area contributed by atoms with Gasteiger partial charge in [-0.25, -0.2) is 0 Å². The van der Waals surface area contributed by atoms with E-state index in [1.807, 2.05) is 18.2 Å². The summed E-state index contributed by atoms with van der Waals surface area (Å²) in [6.07, 6.45) is 7.29. The summed E-state index contributed by atoms with van der Waals surface area (Å²) in [6, 6.07) is 7.55. The third-order valence-electron chi connectivity index (χ3n) is 6.35. The van der Waals surface area contributed by atoms with E-state index in [9.17, 15) is 4.79 Å². The van der Waals surface area contributed by atoms with Gasteiger partial charge in [-0.2, -0.15) is 0 Å². The molecule has 2 aliphatic rings. The van der Waals surface area contributed by atoms with E-state index < -0.39 is 0 Å². The zero-order valence-electron chi connectivity index (χ0n) is 17.3. The quantitative estimate of drug-likeness (QED) is 0.468. The highest BCUT2D eigenvalue weighted by molar-refractivity contribution is 6.29. The van der Waals surface area contributed by atoms with Gasteiger partial charge in [-0.3, -0.25) is 4.79 Å². The van der Waals surface area contributed by atoms with E-state index in [2.05, 4.69) is 20.3 Å². The lowest BCUT2D eigenvalue weighted by atomic mass is 9.91. The van der Waals surface area contributed by atoms with Crippen LogP contribution in [0.15, 0.2) is 28.8 Å². The Bertz CT molecular complexity index is 1060. The highest BCUT2D eigenvalue weighted by Gasteiger charge is 2.24. The number of hydrogen-bond acceptors (Lipinski definition) is 7. The van der Waals surface area contributed by atoms with Crippen LogP contribution in [0, 0.1) is 11.8 Å². The van der Waals surface area contributed by atoms with Crippen LogP contribution < -0.4 is 9.64 Å². The first kappa shape index (κ1) is 20.2. The van der Waals surface area contributed by atoms with Crippen molar-refractivity contribution >= 4 is 34.7 Å². The molecule has 0 unspecified atom stereocenters. The molecule has 5 rings (SSSR count). The molecular formula is C23H25ClN4O3. The number of piperidine rings is 1. The van der Waals surface area contributed by atoms with Crippen molar-refractivity contribution in [3.8, 4) is 5.75 Å². The Morgan fingerprint density at radius 3 is 2.65 bits per heavy atom. The SMILES string of the molecule is O=Cc1c(OCC2CC2)ccc2c(CCC3CCN(c4ccc(Cl)nn4)CC3)noc12. The molecule has 1 aliphatic heterocycles. The van der Waals surface area contributed by atoms with Gasteiger partial charge in [-0.05, 0) is 74.6 Å². The zero-order valence-corrected chi connectivity index (χ0v) is 18.1. The maximum absolute atomic E-state index is 11.7. The maximum atomic E-state index is 11.7. The van der Waals surface area contributed by atoms with Crippen LogP contribution in [0.4, 0.5) is 5.82 Å². The van der Waals surface area contributed by atoms with E-state index in [4.69, 9.17) is 20.9 Å². The average Bonchev–Trinajstić information content (AvgIpc) is 3.55. The predicted octanol–water partition coefficient (Wildman–Crippen LogP) is 4.72. The number of aryl methyl sites for hydroxylation is 1. The van der Waals surface area contributed by atoms with Crippen LogP contribution >= 0.6 is 11.6 Å². The van der Waals surface area contributed by atoms with E-state index in [1.54, 1.807) is 6.07 Å². The molecule has 1 saturated heterocycles. The van der Waals surface area contributed by atoms with Crippen molar-refractivity contribution in [2.24, 2.45) is 11.8 Å². The smallest absolute Gasteiger partial charge is 0.181 e. The molecule has 3 heterocycles. The molecule has 162 valence electrons. The monoisotopic (exact) mass is 440 g/mol. The molecule has 0 N–H and O–H groups in total. The molecule has 8 heteroatoms. The molecule has 0 bridgehead atoms. The number of carbonyl (C=O) groups is 1. The Morgan fingerprint density at radius 1 is 1.10 bits per heavy atom. The molecule has 7 nitrogen and oxygen atoms in total. The van der Waals surface area contributed by atoms with Crippen LogP contribution in [-0.2, 0) is 6.42 Å². The predicted molar refractivity (Wildman–Crippen MR) is 118 cm³/mol. The third kappa shape index (κ3) is 4.51. The lowest BCUT2D eigenvalue weighted by molar-refractivity contribution is 0.111. The number of aromatic nitrogens is 3. The van der Waals surface area contributed by atoms with Crippen LogP contribution in [0.25, 0.3) is 11.0 Å². The van der Waals surface area contributed by atoms with Gasteiger partial charge in [0.1, 0.15) is 11.3 Å². The Hall–Kier alpha value is -2.67. The summed E-state index contributed by atoms with van der Waals surface area (Å²) in [5.74, 6) is 2.72. The standard InChI is InChI=1S/C23H25ClN4O3/c24-21-7-8-22(26-25-21)28-11-9-15(10-12-28)3-5-19-17-4-6-20(30-14-16-1-2-16)18(13-29)23(17)31-27-19/h4,6-8,13,15-16H,1-3,5,9-12,14H2. The van der Waals surface area contributed by atoms with Gasteiger partial charge in [0.25, 0.3) is 0 Å². The van der Waals surface area contributed by atoms with E-state index in [1.165, 1.54) is 12.8 Å². The number of carbonyl (C=O) groups excluding carboxylic acids is 1. The zero-order chi connectivity index (χ0) is 21.2. The summed E-state index contributed by atoms with van der Waals surface area (Å²) >= 11 is 5.83. The average molecular weight is 441 g/mol. The summed E-state index contributed by atoms with van der Waals surface area (Å²) in [7, 11) is 0. The van der Waals surface area contributed by atoms with E-state index in [-0.39, 0.29) is 0 Å². The summed E-state index contributed by atoms with van der Waals surface area (Å²) in [5.41, 5.74) is 1.92. The number of anilines is 1. The number of halogens is 1. The first-order chi connectivity index (χ1) is 15.2. The van der Waals surface area contributed by atoms with Gasteiger partial charge < -0.3 is 14.2 Å². The number of ether oxygens (including phenoxy) is 1. The van der Waals surface area contributed by atoms with Crippen LogP contribution in [-0.4, -0.2) is 41.3 Å².